The van der Waals surface area contributed by atoms with Crippen LogP contribution in [0.25, 0.3) is 0 Å². The lowest BCUT2D eigenvalue weighted by atomic mass is 10.1. The molecule has 1 rings (SSSR count). The number of nitrogens with two attached hydrogens (primary N) is 1. The second-order valence-corrected chi connectivity index (χ2v) is 5.03. The van der Waals surface area contributed by atoms with Gasteiger partial charge in [0.05, 0.1) is 12.3 Å². The molecule has 0 radical (unpaired) electrons. The predicted molar refractivity (Wildman–Crippen MR) is 72.1 cm³/mol. The first kappa shape index (κ1) is 14.8. The number of halogens is 1. The van der Waals surface area contributed by atoms with Crippen LogP contribution in [0.4, 0.5) is 10.1 Å². The molecular formula is C12H17FN2O2S. The number of carbonyl (C=O) groups is 1. The van der Waals surface area contributed by atoms with E-state index in [4.69, 9.17) is 10.8 Å². The van der Waals surface area contributed by atoms with Gasteiger partial charge in [-0.25, -0.2) is 4.39 Å². The number of thioether (sulfide) groups is 1. The van der Waals surface area contributed by atoms with Gasteiger partial charge in [-0.3, -0.25) is 4.79 Å². The van der Waals surface area contributed by atoms with Gasteiger partial charge < -0.3 is 16.2 Å². The van der Waals surface area contributed by atoms with Crippen molar-refractivity contribution in [2.45, 2.75) is 18.2 Å². The lowest BCUT2D eigenvalue weighted by Crippen LogP contribution is -2.41. The van der Waals surface area contributed by atoms with Crippen molar-refractivity contribution in [3.05, 3.63) is 29.6 Å². The topological polar surface area (TPSA) is 75.3 Å². The third-order valence-electron chi connectivity index (χ3n) is 2.66. The Hall–Kier alpha value is -1.27. The molecule has 0 bridgehead atoms. The maximum atomic E-state index is 13.0. The molecule has 1 aromatic rings. The molecule has 1 aromatic carbocycles. The Morgan fingerprint density at radius 3 is 2.78 bits per heavy atom. The van der Waals surface area contributed by atoms with Crippen molar-refractivity contribution in [2.75, 3.05) is 18.6 Å². The zero-order valence-electron chi connectivity index (χ0n) is 10.3. The minimum Gasteiger partial charge on any atom is -0.396 e. The highest BCUT2D eigenvalue weighted by Crippen LogP contribution is 2.14. The monoisotopic (exact) mass is 272 g/mol. The van der Waals surface area contributed by atoms with Crippen LogP contribution in [-0.2, 0) is 0 Å². The zero-order valence-corrected chi connectivity index (χ0v) is 11.1. The van der Waals surface area contributed by atoms with E-state index in [9.17, 15) is 9.18 Å². The van der Waals surface area contributed by atoms with E-state index in [1.165, 1.54) is 23.9 Å². The van der Waals surface area contributed by atoms with E-state index in [0.717, 1.165) is 6.07 Å². The van der Waals surface area contributed by atoms with Crippen molar-refractivity contribution in [2.24, 2.45) is 0 Å². The summed E-state index contributed by atoms with van der Waals surface area (Å²) in [7, 11) is 0. The van der Waals surface area contributed by atoms with Crippen LogP contribution in [0.1, 0.15) is 17.3 Å². The number of hydrogen-bond acceptors (Lipinski definition) is 4. The van der Waals surface area contributed by atoms with Gasteiger partial charge in [-0.05, 0) is 31.4 Å². The van der Waals surface area contributed by atoms with Crippen LogP contribution < -0.4 is 11.1 Å². The SMILES string of the molecule is CSC(CO)C(C)NC(=O)c1ccc(F)c(N)c1. The van der Waals surface area contributed by atoms with Crippen molar-refractivity contribution < 1.29 is 14.3 Å². The van der Waals surface area contributed by atoms with Crippen molar-refractivity contribution in [3.63, 3.8) is 0 Å². The van der Waals surface area contributed by atoms with Gasteiger partial charge in [0.25, 0.3) is 5.91 Å². The molecule has 0 spiro atoms. The number of nitrogen functional groups attached to an aromatic ring is 1. The maximum absolute atomic E-state index is 13.0. The van der Waals surface area contributed by atoms with Gasteiger partial charge in [-0.15, -0.1) is 0 Å². The van der Waals surface area contributed by atoms with Gasteiger partial charge in [-0.1, -0.05) is 0 Å². The van der Waals surface area contributed by atoms with Gasteiger partial charge in [0.1, 0.15) is 5.82 Å². The number of aliphatic hydroxyl groups excluding tert-OH is 1. The smallest absolute Gasteiger partial charge is 0.251 e. The number of benzene rings is 1. The molecule has 0 saturated carbocycles. The van der Waals surface area contributed by atoms with Gasteiger partial charge in [0.15, 0.2) is 0 Å². The van der Waals surface area contributed by atoms with Crippen LogP contribution in [-0.4, -0.2) is 35.2 Å². The largest absolute Gasteiger partial charge is 0.396 e. The van der Waals surface area contributed by atoms with Crippen molar-refractivity contribution in [1.29, 1.82) is 0 Å². The molecule has 1 amide bonds. The number of anilines is 1. The molecule has 6 heteroatoms. The minimum atomic E-state index is -0.544. The van der Waals surface area contributed by atoms with E-state index in [2.05, 4.69) is 5.32 Å². The van der Waals surface area contributed by atoms with Crippen LogP contribution in [0.15, 0.2) is 18.2 Å². The number of rotatable bonds is 5. The van der Waals surface area contributed by atoms with E-state index in [0.29, 0.717) is 5.56 Å². The second kappa shape index (κ2) is 6.61. The summed E-state index contributed by atoms with van der Waals surface area (Å²) in [5.74, 6) is -0.876. The Balaban J connectivity index is 2.73. The standard InChI is InChI=1S/C12H17FN2O2S/c1-7(11(6-16)18-2)15-12(17)8-3-4-9(13)10(14)5-8/h3-5,7,11,16H,6,14H2,1-2H3,(H,15,17). The van der Waals surface area contributed by atoms with Crippen LogP contribution in [0, 0.1) is 5.82 Å². The van der Waals surface area contributed by atoms with Crippen LogP contribution in [0.2, 0.25) is 0 Å². The Bertz CT molecular complexity index is 425. The summed E-state index contributed by atoms with van der Waals surface area (Å²) < 4.78 is 13.0. The highest BCUT2D eigenvalue weighted by atomic mass is 32.2. The fourth-order valence-corrected chi connectivity index (χ4v) is 2.13. The molecule has 100 valence electrons. The van der Waals surface area contributed by atoms with Crippen LogP contribution >= 0.6 is 11.8 Å². The third-order valence-corrected chi connectivity index (χ3v) is 3.82. The molecule has 0 aliphatic carbocycles. The van der Waals surface area contributed by atoms with E-state index >= 15 is 0 Å². The quantitative estimate of drug-likeness (QED) is 0.705. The first-order valence-electron chi connectivity index (χ1n) is 5.49. The Morgan fingerprint density at radius 1 is 1.61 bits per heavy atom. The molecule has 0 heterocycles. The summed E-state index contributed by atoms with van der Waals surface area (Å²) in [6.07, 6.45) is 1.86. The third kappa shape index (κ3) is 3.61. The Morgan fingerprint density at radius 2 is 2.28 bits per heavy atom. The summed E-state index contributed by atoms with van der Waals surface area (Å²) in [6.45, 7) is 1.79. The summed E-state index contributed by atoms with van der Waals surface area (Å²) in [6, 6.07) is 3.64. The molecule has 0 fully saturated rings. The molecule has 0 saturated heterocycles. The van der Waals surface area contributed by atoms with Gasteiger partial charge in [0, 0.05) is 16.9 Å². The van der Waals surface area contributed by atoms with Crippen molar-refractivity contribution in [3.8, 4) is 0 Å². The summed E-state index contributed by atoms with van der Waals surface area (Å²) in [4.78, 5) is 11.9. The first-order valence-corrected chi connectivity index (χ1v) is 6.78. The molecule has 2 atom stereocenters. The number of nitrogens with one attached hydrogen (secondary N) is 1. The van der Waals surface area contributed by atoms with E-state index < -0.39 is 5.82 Å². The van der Waals surface area contributed by atoms with E-state index in [1.54, 1.807) is 0 Å². The lowest BCUT2D eigenvalue weighted by molar-refractivity contribution is 0.0936. The van der Waals surface area contributed by atoms with Gasteiger partial charge >= 0.3 is 0 Å². The average molecular weight is 272 g/mol. The summed E-state index contributed by atoms with van der Waals surface area (Å²) >= 11 is 1.47. The maximum Gasteiger partial charge on any atom is 0.251 e. The molecule has 0 aromatic heterocycles. The summed E-state index contributed by atoms with van der Waals surface area (Å²) in [5, 5.41) is 11.8. The van der Waals surface area contributed by atoms with Crippen LogP contribution in [0.5, 0.6) is 0 Å². The number of carbonyl (C=O) groups excluding carboxylic acids is 1. The van der Waals surface area contributed by atoms with E-state index in [1.807, 2.05) is 13.2 Å². The second-order valence-electron chi connectivity index (χ2n) is 3.96. The average Bonchev–Trinajstić information content (AvgIpc) is 2.34. The molecule has 0 aliphatic heterocycles. The van der Waals surface area contributed by atoms with E-state index in [-0.39, 0.29) is 29.5 Å². The zero-order chi connectivity index (χ0) is 13.7. The first-order chi connectivity index (χ1) is 8.49. The minimum absolute atomic E-state index is 0.0197. The number of amides is 1. The molecular weight excluding hydrogens is 255 g/mol. The molecule has 4 nitrogen and oxygen atoms in total. The number of hydrogen-bond donors (Lipinski definition) is 3. The normalized spacial score (nSPS) is 14.0. The molecule has 0 aliphatic rings. The fourth-order valence-electron chi connectivity index (χ4n) is 1.50. The van der Waals surface area contributed by atoms with Crippen molar-refractivity contribution in [1.82, 2.24) is 5.32 Å². The van der Waals surface area contributed by atoms with Crippen LogP contribution in [0.3, 0.4) is 0 Å². The number of aliphatic hydroxyl groups is 1. The Labute approximate surface area is 110 Å². The highest BCUT2D eigenvalue weighted by Gasteiger charge is 2.18. The Kier molecular flexibility index (Phi) is 5.43. The molecule has 4 N–H and O–H groups in total. The predicted octanol–water partition coefficient (Wildman–Crippen LogP) is 1.25. The molecule has 18 heavy (non-hydrogen) atoms. The van der Waals surface area contributed by atoms with Gasteiger partial charge in [-0.2, -0.15) is 11.8 Å². The van der Waals surface area contributed by atoms with Gasteiger partial charge in [0.2, 0.25) is 0 Å². The van der Waals surface area contributed by atoms with Crippen molar-refractivity contribution >= 4 is 23.4 Å². The fraction of sp³-hybridized carbons (Fsp3) is 0.417. The molecule has 2 unspecified atom stereocenters. The lowest BCUT2D eigenvalue weighted by Gasteiger charge is -2.21. The summed E-state index contributed by atoms with van der Waals surface area (Å²) in [5.41, 5.74) is 5.65. The highest BCUT2D eigenvalue weighted by molar-refractivity contribution is 7.99.